The first-order valence-electron chi connectivity index (χ1n) is 5.05. The van der Waals surface area contributed by atoms with Gasteiger partial charge in [-0.15, -0.1) is 0 Å². The van der Waals surface area contributed by atoms with E-state index in [1.165, 1.54) is 0 Å². The fourth-order valence-electron chi connectivity index (χ4n) is 1.12. The number of ether oxygens (including phenoxy) is 1. The minimum absolute atomic E-state index is 0.166. The molecule has 0 radical (unpaired) electrons. The molecular weight excluding hydrogens is 275 g/mol. The average Bonchev–Trinajstić information content (AvgIpc) is 2.72. The van der Waals surface area contributed by atoms with E-state index in [1.54, 1.807) is 0 Å². The number of alkyl halides is 3. The lowest BCUT2D eigenvalue weighted by molar-refractivity contribution is -0.144. The smallest absolute Gasteiger partial charge is 0.419 e. The van der Waals surface area contributed by atoms with Gasteiger partial charge in [0.05, 0.1) is 18.4 Å². The standard InChI is InChI=1S/C10H9F5N2O2/c11-8(12)2-1-3-19-9(18)6-17-5-7(4-16-17)10(13,14)15/h2,4-5H,1,3,6H2. The Labute approximate surface area is 104 Å². The molecule has 0 aliphatic heterocycles. The van der Waals surface area contributed by atoms with E-state index in [1.807, 2.05) is 0 Å². The fourth-order valence-corrected chi connectivity index (χ4v) is 1.12. The molecule has 0 saturated heterocycles. The summed E-state index contributed by atoms with van der Waals surface area (Å²) in [5.41, 5.74) is -0.984. The van der Waals surface area contributed by atoms with Crippen LogP contribution in [0.4, 0.5) is 22.0 Å². The van der Waals surface area contributed by atoms with Gasteiger partial charge < -0.3 is 4.74 Å². The van der Waals surface area contributed by atoms with Crippen LogP contribution in [-0.4, -0.2) is 22.4 Å². The van der Waals surface area contributed by atoms with Crippen LogP contribution < -0.4 is 0 Å². The Morgan fingerprint density at radius 2 is 2.11 bits per heavy atom. The third-order valence-electron chi connectivity index (χ3n) is 1.93. The fraction of sp³-hybridized carbons (Fsp3) is 0.400. The lowest BCUT2D eigenvalue weighted by Gasteiger charge is -2.03. The van der Waals surface area contributed by atoms with Crippen molar-refractivity contribution in [3.05, 3.63) is 30.1 Å². The van der Waals surface area contributed by atoms with Crippen LogP contribution >= 0.6 is 0 Å². The van der Waals surface area contributed by atoms with Crippen LogP contribution in [0.3, 0.4) is 0 Å². The minimum Gasteiger partial charge on any atom is -0.464 e. The lowest BCUT2D eigenvalue weighted by atomic mass is 10.4. The largest absolute Gasteiger partial charge is 0.464 e. The summed E-state index contributed by atoms with van der Waals surface area (Å²) in [5.74, 6) is -0.857. The van der Waals surface area contributed by atoms with Gasteiger partial charge in [0.1, 0.15) is 6.54 Å². The van der Waals surface area contributed by atoms with Crippen molar-refractivity contribution in [3.8, 4) is 0 Å². The van der Waals surface area contributed by atoms with Gasteiger partial charge >= 0.3 is 12.1 Å². The number of halogens is 5. The lowest BCUT2D eigenvalue weighted by Crippen LogP contribution is -2.14. The van der Waals surface area contributed by atoms with E-state index in [0.717, 1.165) is 4.68 Å². The summed E-state index contributed by atoms with van der Waals surface area (Å²) in [6.45, 7) is -0.790. The van der Waals surface area contributed by atoms with Gasteiger partial charge in [-0.2, -0.15) is 27.1 Å². The highest BCUT2D eigenvalue weighted by atomic mass is 19.4. The number of hydrogen-bond acceptors (Lipinski definition) is 3. The van der Waals surface area contributed by atoms with Crippen molar-refractivity contribution < 1.29 is 31.5 Å². The molecule has 9 heteroatoms. The van der Waals surface area contributed by atoms with Gasteiger partial charge in [-0.1, -0.05) is 0 Å². The molecule has 1 rings (SSSR count). The molecule has 0 spiro atoms. The zero-order valence-electron chi connectivity index (χ0n) is 9.45. The molecule has 0 aromatic carbocycles. The normalized spacial score (nSPS) is 11.2. The molecule has 0 saturated carbocycles. The second kappa shape index (κ2) is 6.30. The predicted octanol–water partition coefficient (Wildman–Crippen LogP) is 2.62. The number of carbonyl (C=O) groups is 1. The van der Waals surface area contributed by atoms with Crippen molar-refractivity contribution >= 4 is 5.97 Å². The Morgan fingerprint density at radius 3 is 2.63 bits per heavy atom. The molecule has 0 fully saturated rings. The van der Waals surface area contributed by atoms with Gasteiger partial charge in [-0.25, -0.2) is 0 Å². The maximum atomic E-state index is 12.2. The van der Waals surface area contributed by atoms with Gasteiger partial charge in [-0.3, -0.25) is 9.48 Å². The molecule has 0 atom stereocenters. The summed E-state index contributed by atoms with van der Waals surface area (Å²) in [4.78, 5) is 11.1. The van der Waals surface area contributed by atoms with E-state index in [9.17, 15) is 26.7 Å². The Morgan fingerprint density at radius 1 is 1.42 bits per heavy atom. The second-order valence-electron chi connectivity index (χ2n) is 3.43. The Bertz CT molecular complexity index is 463. The van der Waals surface area contributed by atoms with Crippen molar-refractivity contribution in [3.63, 3.8) is 0 Å². The van der Waals surface area contributed by atoms with E-state index in [4.69, 9.17) is 0 Å². The van der Waals surface area contributed by atoms with Crippen molar-refractivity contribution in [2.75, 3.05) is 6.61 Å². The van der Waals surface area contributed by atoms with Gasteiger partial charge in [0.2, 0.25) is 0 Å². The van der Waals surface area contributed by atoms with Crippen LogP contribution in [-0.2, 0) is 22.3 Å². The Kier molecular flexibility index (Phi) is 5.02. The van der Waals surface area contributed by atoms with Crippen LogP contribution in [0.25, 0.3) is 0 Å². The van der Waals surface area contributed by atoms with Crippen LogP contribution in [0.1, 0.15) is 12.0 Å². The molecule has 1 heterocycles. The van der Waals surface area contributed by atoms with Crippen LogP contribution in [0.15, 0.2) is 24.6 Å². The molecule has 0 aliphatic carbocycles. The van der Waals surface area contributed by atoms with E-state index in [-0.39, 0.29) is 13.0 Å². The first kappa shape index (κ1) is 15.1. The monoisotopic (exact) mass is 284 g/mol. The Hall–Kier alpha value is -1.93. The topological polar surface area (TPSA) is 44.1 Å². The van der Waals surface area contributed by atoms with E-state index >= 15 is 0 Å². The summed E-state index contributed by atoms with van der Waals surface area (Å²) in [6.07, 6.45) is -4.79. The quantitative estimate of drug-likeness (QED) is 0.474. The number of hydrogen-bond donors (Lipinski definition) is 0. The number of nitrogens with zero attached hydrogens (tertiary/aromatic N) is 2. The summed E-state index contributed by atoms with van der Waals surface area (Å²) in [5, 5.41) is 3.34. The van der Waals surface area contributed by atoms with Crippen molar-refractivity contribution in [2.24, 2.45) is 0 Å². The number of aromatic nitrogens is 2. The molecule has 19 heavy (non-hydrogen) atoms. The van der Waals surface area contributed by atoms with Gasteiger partial charge in [0.15, 0.2) is 0 Å². The first-order chi connectivity index (χ1) is 8.79. The highest BCUT2D eigenvalue weighted by molar-refractivity contribution is 5.69. The first-order valence-corrected chi connectivity index (χ1v) is 5.05. The second-order valence-corrected chi connectivity index (χ2v) is 3.43. The summed E-state index contributed by atoms with van der Waals surface area (Å²) >= 11 is 0. The molecule has 0 N–H and O–H groups in total. The molecule has 4 nitrogen and oxygen atoms in total. The van der Waals surface area contributed by atoms with Crippen LogP contribution in [0.2, 0.25) is 0 Å². The zero-order valence-corrected chi connectivity index (χ0v) is 9.45. The van der Waals surface area contributed by atoms with Crippen molar-refractivity contribution in [1.29, 1.82) is 0 Å². The molecule has 106 valence electrons. The Balaban J connectivity index is 2.41. The van der Waals surface area contributed by atoms with Crippen molar-refractivity contribution in [1.82, 2.24) is 9.78 Å². The third kappa shape index (κ3) is 5.49. The van der Waals surface area contributed by atoms with Gasteiger partial charge in [-0.05, 0) is 6.08 Å². The maximum Gasteiger partial charge on any atom is 0.419 e. The minimum atomic E-state index is -4.54. The predicted molar refractivity (Wildman–Crippen MR) is 53.1 cm³/mol. The van der Waals surface area contributed by atoms with Crippen LogP contribution in [0.5, 0.6) is 0 Å². The molecule has 0 bridgehead atoms. The average molecular weight is 284 g/mol. The SMILES string of the molecule is O=C(Cn1cc(C(F)(F)F)cn1)OCCC=C(F)F. The zero-order chi connectivity index (χ0) is 14.5. The molecule has 0 aliphatic rings. The molecule has 0 amide bonds. The third-order valence-corrected chi connectivity index (χ3v) is 1.93. The molecular formula is C10H9F5N2O2. The van der Waals surface area contributed by atoms with Crippen molar-refractivity contribution in [2.45, 2.75) is 19.1 Å². The van der Waals surface area contributed by atoms with E-state index < -0.39 is 30.3 Å². The van der Waals surface area contributed by atoms with E-state index in [2.05, 4.69) is 9.84 Å². The molecule has 1 aromatic rings. The maximum absolute atomic E-state index is 12.2. The molecule has 1 aromatic heterocycles. The van der Waals surface area contributed by atoms with Crippen LogP contribution in [0, 0.1) is 0 Å². The highest BCUT2D eigenvalue weighted by Gasteiger charge is 2.32. The number of esters is 1. The molecule has 0 unspecified atom stereocenters. The van der Waals surface area contributed by atoms with E-state index in [0.29, 0.717) is 18.5 Å². The highest BCUT2D eigenvalue weighted by Crippen LogP contribution is 2.28. The summed E-state index contributed by atoms with van der Waals surface area (Å²) < 4.78 is 65.2. The summed E-state index contributed by atoms with van der Waals surface area (Å²) in [6, 6.07) is 0. The summed E-state index contributed by atoms with van der Waals surface area (Å²) in [7, 11) is 0. The van der Waals surface area contributed by atoms with Gasteiger partial charge in [0.25, 0.3) is 6.08 Å². The number of carbonyl (C=O) groups excluding carboxylic acids is 1. The van der Waals surface area contributed by atoms with Gasteiger partial charge in [0, 0.05) is 12.6 Å². The number of rotatable bonds is 5.